The van der Waals surface area contributed by atoms with Gasteiger partial charge in [0.25, 0.3) is 5.91 Å². The second-order valence-corrected chi connectivity index (χ2v) is 7.23. The van der Waals surface area contributed by atoms with Gasteiger partial charge in [-0.05, 0) is 45.4 Å². The van der Waals surface area contributed by atoms with Crippen molar-refractivity contribution in [3.05, 3.63) is 65.7 Å². The van der Waals surface area contributed by atoms with E-state index in [-0.39, 0.29) is 24.6 Å². The molecule has 5 nitrogen and oxygen atoms in total. The Morgan fingerprint density at radius 1 is 0.931 bits per heavy atom. The Kier molecular flexibility index (Phi) is 8.01. The molecule has 0 N–H and O–H groups in total. The molecule has 0 aromatic heterocycles. The van der Waals surface area contributed by atoms with Gasteiger partial charge >= 0.3 is 5.97 Å². The van der Waals surface area contributed by atoms with E-state index < -0.39 is 5.97 Å². The van der Waals surface area contributed by atoms with Gasteiger partial charge in [0.05, 0.1) is 12.7 Å². The molecule has 0 saturated carbocycles. The van der Waals surface area contributed by atoms with Crippen molar-refractivity contribution in [1.82, 2.24) is 4.90 Å². The fourth-order valence-corrected chi connectivity index (χ4v) is 3.27. The van der Waals surface area contributed by atoms with Gasteiger partial charge in [-0.15, -0.1) is 0 Å². The van der Waals surface area contributed by atoms with E-state index in [0.717, 1.165) is 5.56 Å². The quantitative estimate of drug-likeness (QED) is 0.377. The van der Waals surface area contributed by atoms with Crippen LogP contribution in [0.2, 0.25) is 0 Å². The number of rotatable bonds is 8. The third kappa shape index (κ3) is 5.95. The number of methoxy groups -OCH3 is 1. The zero-order valence-electron chi connectivity index (χ0n) is 17.7. The molecular formula is C24H29NO4. The van der Waals surface area contributed by atoms with Crippen LogP contribution in [-0.4, -0.2) is 42.6 Å². The first-order valence-corrected chi connectivity index (χ1v) is 9.73. The lowest BCUT2D eigenvalue weighted by atomic mass is 10.0. The fourth-order valence-electron chi connectivity index (χ4n) is 3.27. The summed E-state index contributed by atoms with van der Waals surface area (Å²) in [5, 5.41) is 0. The molecule has 0 aliphatic carbocycles. The highest BCUT2D eigenvalue weighted by atomic mass is 16.5. The lowest BCUT2D eigenvalue weighted by Gasteiger charge is -2.30. The van der Waals surface area contributed by atoms with Gasteiger partial charge in [-0.2, -0.15) is 0 Å². The van der Waals surface area contributed by atoms with Crippen molar-refractivity contribution >= 4 is 23.5 Å². The molecule has 2 aromatic rings. The third-order valence-corrected chi connectivity index (χ3v) is 4.47. The highest BCUT2D eigenvalue weighted by Gasteiger charge is 2.22. The number of para-hydroxylation sites is 1. The zero-order chi connectivity index (χ0) is 21.4. The molecule has 0 bridgehead atoms. The Morgan fingerprint density at radius 2 is 1.52 bits per heavy atom. The van der Waals surface area contributed by atoms with Crippen molar-refractivity contribution in [3.8, 4) is 5.75 Å². The number of esters is 1. The van der Waals surface area contributed by atoms with Crippen LogP contribution in [-0.2, 0) is 14.3 Å². The molecule has 0 radical (unpaired) electrons. The summed E-state index contributed by atoms with van der Waals surface area (Å²) in [6, 6.07) is 16.7. The van der Waals surface area contributed by atoms with Gasteiger partial charge in [-0.1, -0.05) is 48.5 Å². The van der Waals surface area contributed by atoms with Gasteiger partial charge in [-0.25, -0.2) is 4.79 Å². The summed E-state index contributed by atoms with van der Waals surface area (Å²) in [4.78, 5) is 27.2. The molecule has 0 heterocycles. The predicted molar refractivity (Wildman–Crippen MR) is 115 cm³/mol. The van der Waals surface area contributed by atoms with Crippen LogP contribution in [0.5, 0.6) is 5.75 Å². The van der Waals surface area contributed by atoms with Gasteiger partial charge in [-0.3, -0.25) is 4.79 Å². The van der Waals surface area contributed by atoms with E-state index in [4.69, 9.17) is 9.47 Å². The van der Waals surface area contributed by atoms with E-state index in [9.17, 15) is 9.59 Å². The Hall–Kier alpha value is -3.08. The van der Waals surface area contributed by atoms with Gasteiger partial charge in [0.2, 0.25) is 0 Å². The summed E-state index contributed by atoms with van der Waals surface area (Å²) < 4.78 is 10.8. The predicted octanol–water partition coefficient (Wildman–Crippen LogP) is 4.42. The summed E-state index contributed by atoms with van der Waals surface area (Å²) in [6.45, 7) is 7.46. The van der Waals surface area contributed by atoms with E-state index in [2.05, 4.69) is 0 Å². The molecular weight excluding hydrogens is 366 g/mol. The van der Waals surface area contributed by atoms with Crippen LogP contribution >= 0.6 is 0 Å². The van der Waals surface area contributed by atoms with Gasteiger partial charge in [0.15, 0.2) is 6.61 Å². The number of amides is 1. The van der Waals surface area contributed by atoms with Gasteiger partial charge in [0, 0.05) is 17.6 Å². The van der Waals surface area contributed by atoms with E-state index in [1.54, 1.807) is 18.1 Å². The normalized spacial score (nSPS) is 11.5. The number of benzene rings is 2. The molecule has 0 fully saturated rings. The molecule has 0 saturated heterocycles. The minimum absolute atomic E-state index is 0.0268. The number of ether oxygens (including phenoxy) is 2. The number of hydrogen-bond donors (Lipinski definition) is 0. The number of carbonyl (C=O) groups excluding carboxylic acids is 2. The average molecular weight is 395 g/mol. The minimum Gasteiger partial charge on any atom is -0.496 e. The monoisotopic (exact) mass is 395 g/mol. The van der Waals surface area contributed by atoms with Crippen molar-refractivity contribution in [3.63, 3.8) is 0 Å². The Bertz CT molecular complexity index is 848. The first kappa shape index (κ1) is 22.2. The lowest BCUT2D eigenvalue weighted by molar-refractivity contribution is -0.149. The van der Waals surface area contributed by atoms with Crippen LogP contribution in [0, 0.1) is 0 Å². The van der Waals surface area contributed by atoms with Crippen LogP contribution in [0.1, 0.15) is 38.8 Å². The lowest BCUT2D eigenvalue weighted by Crippen LogP contribution is -2.44. The molecule has 154 valence electrons. The van der Waals surface area contributed by atoms with Crippen molar-refractivity contribution in [2.75, 3.05) is 13.7 Å². The highest BCUT2D eigenvalue weighted by molar-refractivity contribution is 6.22. The second kappa shape index (κ2) is 10.5. The Morgan fingerprint density at radius 3 is 2.10 bits per heavy atom. The van der Waals surface area contributed by atoms with Crippen LogP contribution in [0.4, 0.5) is 0 Å². The van der Waals surface area contributed by atoms with Gasteiger partial charge in [0.1, 0.15) is 5.75 Å². The van der Waals surface area contributed by atoms with Gasteiger partial charge < -0.3 is 14.4 Å². The fraction of sp³-hybridized carbons (Fsp3) is 0.333. The van der Waals surface area contributed by atoms with Crippen molar-refractivity contribution in [2.45, 2.75) is 39.8 Å². The summed E-state index contributed by atoms with van der Waals surface area (Å²) in [7, 11) is 1.58. The van der Waals surface area contributed by atoms with Crippen LogP contribution in [0.3, 0.4) is 0 Å². The molecule has 0 spiro atoms. The maximum Gasteiger partial charge on any atom is 0.339 e. The van der Waals surface area contributed by atoms with Crippen molar-refractivity contribution in [2.24, 2.45) is 0 Å². The number of nitrogens with zero attached hydrogens (tertiary/aromatic N) is 1. The molecule has 1 amide bonds. The molecule has 5 heteroatoms. The molecule has 0 atom stereocenters. The zero-order valence-corrected chi connectivity index (χ0v) is 17.7. The molecule has 0 aliphatic heterocycles. The maximum absolute atomic E-state index is 12.9. The standard InChI is InChI=1S/C24H29NO4/c1-17(2)25(18(3)4)23(26)16-29-24(27)21(19-11-7-6-8-12-19)15-20-13-9-10-14-22(20)28-5/h6-15,17-18H,16H2,1-5H3. The van der Waals surface area contributed by atoms with E-state index in [0.29, 0.717) is 16.9 Å². The molecule has 2 aromatic carbocycles. The summed E-state index contributed by atoms with van der Waals surface area (Å²) in [6.07, 6.45) is 1.73. The summed E-state index contributed by atoms with van der Waals surface area (Å²) in [5.74, 6) is -0.119. The Labute approximate surface area is 172 Å². The average Bonchev–Trinajstić information content (AvgIpc) is 2.70. The van der Waals surface area contributed by atoms with E-state index >= 15 is 0 Å². The highest BCUT2D eigenvalue weighted by Crippen LogP contribution is 2.25. The van der Waals surface area contributed by atoms with Crippen LogP contribution in [0.25, 0.3) is 11.6 Å². The van der Waals surface area contributed by atoms with Crippen molar-refractivity contribution < 1.29 is 19.1 Å². The SMILES string of the molecule is COc1ccccc1C=C(C(=O)OCC(=O)N(C(C)C)C(C)C)c1ccccc1. The molecule has 29 heavy (non-hydrogen) atoms. The topological polar surface area (TPSA) is 55.8 Å². The molecule has 0 aliphatic rings. The minimum atomic E-state index is -0.553. The first-order valence-electron chi connectivity index (χ1n) is 9.73. The van der Waals surface area contributed by atoms with Crippen LogP contribution in [0.15, 0.2) is 54.6 Å². The summed E-state index contributed by atoms with van der Waals surface area (Å²) in [5.41, 5.74) is 1.83. The smallest absolute Gasteiger partial charge is 0.339 e. The number of hydrogen-bond acceptors (Lipinski definition) is 4. The molecule has 0 unspecified atom stereocenters. The Balaban J connectivity index is 2.29. The third-order valence-electron chi connectivity index (χ3n) is 4.47. The summed E-state index contributed by atoms with van der Waals surface area (Å²) >= 11 is 0. The van der Waals surface area contributed by atoms with E-state index in [1.807, 2.05) is 82.3 Å². The number of carbonyl (C=O) groups is 2. The first-order chi connectivity index (χ1) is 13.8. The van der Waals surface area contributed by atoms with E-state index in [1.165, 1.54) is 0 Å². The second-order valence-electron chi connectivity index (χ2n) is 7.23. The van der Waals surface area contributed by atoms with Crippen molar-refractivity contribution in [1.29, 1.82) is 0 Å². The molecule has 2 rings (SSSR count). The largest absolute Gasteiger partial charge is 0.496 e. The maximum atomic E-state index is 12.9. The van der Waals surface area contributed by atoms with Crippen LogP contribution < -0.4 is 4.74 Å².